The van der Waals surface area contributed by atoms with Gasteiger partial charge in [-0.3, -0.25) is 9.78 Å². The third-order valence-corrected chi connectivity index (χ3v) is 5.65. The molecule has 0 bridgehead atoms. The zero-order chi connectivity index (χ0) is 19.3. The second-order valence-electron chi connectivity index (χ2n) is 7.45. The van der Waals surface area contributed by atoms with Crippen LogP contribution in [0.25, 0.3) is 10.9 Å². The first-order valence-electron chi connectivity index (χ1n) is 9.96. The van der Waals surface area contributed by atoms with Gasteiger partial charge >= 0.3 is 0 Å². The van der Waals surface area contributed by atoms with Crippen LogP contribution < -0.4 is 0 Å². The maximum absolute atomic E-state index is 12.9. The number of fused-ring (bicyclic) bond motifs is 1. The van der Waals surface area contributed by atoms with Gasteiger partial charge in [0.25, 0.3) is 5.91 Å². The van der Waals surface area contributed by atoms with E-state index in [1.54, 1.807) is 0 Å². The van der Waals surface area contributed by atoms with Crippen molar-refractivity contribution in [3.05, 3.63) is 72.2 Å². The molecule has 0 spiro atoms. The molecule has 1 aromatic carbocycles. The number of likely N-dealkylation sites (tertiary alicyclic amines) is 1. The number of rotatable bonds is 5. The molecule has 28 heavy (non-hydrogen) atoms. The highest BCUT2D eigenvalue weighted by atomic mass is 16.2. The van der Waals surface area contributed by atoms with Gasteiger partial charge in [-0.2, -0.15) is 0 Å². The molecule has 0 atom stereocenters. The smallest absolute Gasteiger partial charge is 0.272 e. The number of aromatic nitrogens is 2. The summed E-state index contributed by atoms with van der Waals surface area (Å²) >= 11 is 0. The van der Waals surface area contributed by atoms with E-state index in [1.807, 2.05) is 66.7 Å². The van der Waals surface area contributed by atoms with Gasteiger partial charge < -0.3 is 9.80 Å². The van der Waals surface area contributed by atoms with E-state index in [4.69, 9.17) is 0 Å². The van der Waals surface area contributed by atoms with Crippen molar-refractivity contribution in [2.24, 2.45) is 0 Å². The Labute approximate surface area is 166 Å². The Morgan fingerprint density at radius 2 is 1.86 bits per heavy atom. The Kier molecular flexibility index (Phi) is 5.63. The fraction of sp³-hybridized carbons (Fsp3) is 0.348. The molecule has 0 aliphatic carbocycles. The predicted octanol–water partition coefficient (Wildman–Crippen LogP) is 3.41. The fourth-order valence-electron chi connectivity index (χ4n) is 3.88. The van der Waals surface area contributed by atoms with Crippen molar-refractivity contribution in [2.45, 2.75) is 25.3 Å². The summed E-state index contributed by atoms with van der Waals surface area (Å²) in [4.78, 5) is 26.2. The zero-order valence-electron chi connectivity index (χ0n) is 16.3. The average molecular weight is 374 g/mol. The molecule has 1 amide bonds. The Balaban J connectivity index is 1.32. The molecule has 1 saturated heterocycles. The van der Waals surface area contributed by atoms with Crippen LogP contribution in [-0.2, 0) is 6.42 Å². The number of hydrogen-bond donors (Lipinski definition) is 0. The van der Waals surface area contributed by atoms with E-state index in [0.29, 0.717) is 5.69 Å². The van der Waals surface area contributed by atoms with Gasteiger partial charge in [-0.25, -0.2) is 4.98 Å². The van der Waals surface area contributed by atoms with Gasteiger partial charge in [-0.05, 0) is 37.1 Å². The molecule has 5 nitrogen and oxygen atoms in total. The summed E-state index contributed by atoms with van der Waals surface area (Å²) in [6.45, 7) is 3.05. The Morgan fingerprint density at radius 1 is 1.07 bits per heavy atom. The molecule has 0 radical (unpaired) electrons. The van der Waals surface area contributed by atoms with Crippen LogP contribution in [0.15, 0.2) is 60.8 Å². The van der Waals surface area contributed by atoms with E-state index < -0.39 is 0 Å². The highest BCUT2D eigenvalue weighted by Gasteiger charge is 2.26. The minimum Gasteiger partial charge on any atom is -0.337 e. The van der Waals surface area contributed by atoms with Crippen LogP contribution in [0.4, 0.5) is 0 Å². The zero-order valence-corrected chi connectivity index (χ0v) is 16.3. The molecule has 0 saturated carbocycles. The summed E-state index contributed by atoms with van der Waals surface area (Å²) in [5, 5.41) is 1.06. The van der Waals surface area contributed by atoms with Gasteiger partial charge in [-0.1, -0.05) is 30.3 Å². The fourth-order valence-corrected chi connectivity index (χ4v) is 3.88. The first-order chi connectivity index (χ1) is 13.7. The van der Waals surface area contributed by atoms with Crippen LogP contribution in [0.2, 0.25) is 0 Å². The van der Waals surface area contributed by atoms with E-state index >= 15 is 0 Å². The lowest BCUT2D eigenvalue weighted by molar-refractivity contribution is 0.0638. The number of carbonyl (C=O) groups is 1. The van der Waals surface area contributed by atoms with Crippen molar-refractivity contribution in [1.82, 2.24) is 19.8 Å². The van der Waals surface area contributed by atoms with E-state index in [9.17, 15) is 4.79 Å². The van der Waals surface area contributed by atoms with Crippen LogP contribution in [-0.4, -0.2) is 58.4 Å². The normalized spacial score (nSPS) is 15.6. The van der Waals surface area contributed by atoms with Crippen molar-refractivity contribution < 1.29 is 4.79 Å². The van der Waals surface area contributed by atoms with E-state index in [0.717, 1.165) is 55.5 Å². The van der Waals surface area contributed by atoms with Crippen molar-refractivity contribution in [3.63, 3.8) is 0 Å². The lowest BCUT2D eigenvalue weighted by Crippen LogP contribution is -2.46. The number of carbonyl (C=O) groups excluding carboxylic acids is 1. The standard InChI is InChI=1S/C23H26N4O/c1-26(23(28)22-10-9-18-6-2-3-8-21(18)25-22)20-12-16-27(17-13-20)15-11-19-7-4-5-14-24-19/h2-10,14,20H,11-13,15-17H2,1H3. The van der Waals surface area contributed by atoms with Crippen LogP contribution in [0, 0.1) is 0 Å². The minimum atomic E-state index is 0.0117. The van der Waals surface area contributed by atoms with Gasteiger partial charge in [0.2, 0.25) is 0 Å². The van der Waals surface area contributed by atoms with Crippen LogP contribution in [0.1, 0.15) is 29.0 Å². The predicted molar refractivity (Wildman–Crippen MR) is 111 cm³/mol. The van der Waals surface area contributed by atoms with E-state index in [2.05, 4.69) is 20.9 Å². The molecular formula is C23H26N4O. The van der Waals surface area contributed by atoms with E-state index in [1.165, 1.54) is 0 Å². The summed E-state index contributed by atoms with van der Waals surface area (Å²) in [6, 6.07) is 18.1. The van der Waals surface area contributed by atoms with Gasteiger partial charge in [0.15, 0.2) is 0 Å². The molecule has 0 unspecified atom stereocenters. The molecular weight excluding hydrogens is 348 g/mol. The van der Waals surface area contributed by atoms with Crippen molar-refractivity contribution >= 4 is 16.8 Å². The number of para-hydroxylation sites is 1. The number of benzene rings is 1. The van der Waals surface area contributed by atoms with Crippen molar-refractivity contribution in [1.29, 1.82) is 0 Å². The molecule has 1 aliphatic heterocycles. The topological polar surface area (TPSA) is 49.3 Å². The second kappa shape index (κ2) is 8.48. The number of amides is 1. The summed E-state index contributed by atoms with van der Waals surface area (Å²) in [7, 11) is 1.91. The molecule has 144 valence electrons. The SMILES string of the molecule is CN(C(=O)c1ccc2ccccc2n1)C1CCN(CCc2ccccn2)CC1. The Bertz CT molecular complexity index is 935. The molecule has 1 fully saturated rings. The van der Waals surface area contributed by atoms with Crippen molar-refractivity contribution in [2.75, 3.05) is 26.7 Å². The van der Waals surface area contributed by atoms with E-state index in [-0.39, 0.29) is 11.9 Å². The summed E-state index contributed by atoms with van der Waals surface area (Å²) in [5.74, 6) is 0.0117. The first-order valence-corrected chi connectivity index (χ1v) is 9.96. The summed E-state index contributed by atoms with van der Waals surface area (Å²) in [5.41, 5.74) is 2.53. The quantitative estimate of drug-likeness (QED) is 0.687. The lowest BCUT2D eigenvalue weighted by Gasteiger charge is -2.36. The number of piperidine rings is 1. The Morgan fingerprint density at radius 3 is 2.64 bits per heavy atom. The Hall–Kier alpha value is -2.79. The lowest BCUT2D eigenvalue weighted by atomic mass is 10.0. The number of pyridine rings is 2. The summed E-state index contributed by atoms with van der Waals surface area (Å²) in [6.07, 6.45) is 4.82. The summed E-state index contributed by atoms with van der Waals surface area (Å²) < 4.78 is 0. The third-order valence-electron chi connectivity index (χ3n) is 5.65. The molecule has 1 aliphatic rings. The second-order valence-corrected chi connectivity index (χ2v) is 7.45. The largest absolute Gasteiger partial charge is 0.337 e. The molecule has 2 aromatic heterocycles. The van der Waals surface area contributed by atoms with Gasteiger partial charge in [0, 0.05) is 56.4 Å². The number of nitrogens with zero attached hydrogens (tertiary/aromatic N) is 4. The molecule has 3 heterocycles. The molecule has 0 N–H and O–H groups in total. The van der Waals surface area contributed by atoms with Crippen LogP contribution >= 0.6 is 0 Å². The highest BCUT2D eigenvalue weighted by Crippen LogP contribution is 2.19. The third kappa shape index (κ3) is 4.20. The highest BCUT2D eigenvalue weighted by molar-refractivity contribution is 5.94. The maximum atomic E-state index is 12.9. The molecule has 3 aromatic rings. The minimum absolute atomic E-state index is 0.0117. The molecule has 5 heteroatoms. The van der Waals surface area contributed by atoms with Crippen LogP contribution in [0.3, 0.4) is 0 Å². The van der Waals surface area contributed by atoms with Gasteiger partial charge in [0.05, 0.1) is 5.52 Å². The van der Waals surface area contributed by atoms with Gasteiger partial charge in [-0.15, -0.1) is 0 Å². The maximum Gasteiger partial charge on any atom is 0.272 e. The monoisotopic (exact) mass is 374 g/mol. The first kappa shape index (κ1) is 18.6. The number of hydrogen-bond acceptors (Lipinski definition) is 4. The van der Waals surface area contributed by atoms with Gasteiger partial charge in [0.1, 0.15) is 5.69 Å². The van der Waals surface area contributed by atoms with Crippen molar-refractivity contribution in [3.8, 4) is 0 Å². The average Bonchev–Trinajstić information content (AvgIpc) is 2.77. The molecule has 4 rings (SSSR count). The van der Waals surface area contributed by atoms with Crippen LogP contribution in [0.5, 0.6) is 0 Å².